The van der Waals surface area contributed by atoms with Crippen molar-refractivity contribution >= 4 is 35.0 Å². The van der Waals surface area contributed by atoms with E-state index in [2.05, 4.69) is 17.4 Å². The number of hydrogen-bond donors (Lipinski definition) is 1. The van der Waals surface area contributed by atoms with Crippen molar-refractivity contribution in [2.24, 2.45) is 0 Å². The average Bonchev–Trinajstić information content (AvgIpc) is 2.98. The minimum Gasteiger partial charge on any atom is -0.427 e. The number of imide groups is 1. The Bertz CT molecular complexity index is 860. The average molecular weight is 381 g/mol. The van der Waals surface area contributed by atoms with E-state index in [0.717, 1.165) is 36.6 Å². The first-order valence-corrected chi connectivity index (χ1v) is 9.51. The molecule has 0 aliphatic carbocycles. The Morgan fingerprint density at radius 2 is 1.74 bits per heavy atom. The standard InChI is InChI=1S/C21H19NO4S/c23-19(9-5-4-8-15-6-2-1-3-7-15)26-17-12-10-16(11-13-17)14-18-20(24)22-21(25)27-18/h1-3,6-7,10-14H,4-5,8-9H2,(H,22,24,25)/b18-14-. The number of nitrogens with one attached hydrogen (secondary N) is 1. The van der Waals surface area contributed by atoms with E-state index in [-0.39, 0.29) is 11.2 Å². The quantitative estimate of drug-likeness (QED) is 0.334. The Balaban J connectivity index is 1.44. The zero-order valence-corrected chi connectivity index (χ0v) is 15.5. The lowest BCUT2D eigenvalue weighted by molar-refractivity contribution is -0.134. The predicted octanol–water partition coefficient (Wildman–Crippen LogP) is 4.33. The fourth-order valence-electron chi connectivity index (χ4n) is 2.63. The Labute approximate surface area is 161 Å². The highest BCUT2D eigenvalue weighted by molar-refractivity contribution is 8.18. The number of benzene rings is 2. The first kappa shape index (κ1) is 18.9. The summed E-state index contributed by atoms with van der Waals surface area (Å²) in [5.41, 5.74) is 2.02. The number of esters is 1. The molecular weight excluding hydrogens is 362 g/mol. The highest BCUT2D eigenvalue weighted by Gasteiger charge is 2.24. The molecule has 0 atom stereocenters. The van der Waals surface area contributed by atoms with Crippen LogP contribution in [0, 0.1) is 0 Å². The van der Waals surface area contributed by atoms with Crippen LogP contribution in [-0.2, 0) is 16.0 Å². The topological polar surface area (TPSA) is 72.5 Å². The van der Waals surface area contributed by atoms with E-state index in [4.69, 9.17) is 4.74 Å². The van der Waals surface area contributed by atoms with Gasteiger partial charge in [0, 0.05) is 6.42 Å². The van der Waals surface area contributed by atoms with Crippen LogP contribution in [0.5, 0.6) is 5.75 Å². The molecule has 1 aliphatic rings. The van der Waals surface area contributed by atoms with E-state index in [1.807, 2.05) is 18.2 Å². The van der Waals surface area contributed by atoms with E-state index in [1.54, 1.807) is 30.3 Å². The van der Waals surface area contributed by atoms with E-state index in [0.29, 0.717) is 17.1 Å². The number of unbranched alkanes of at least 4 members (excludes halogenated alkanes) is 1. The maximum absolute atomic E-state index is 11.9. The monoisotopic (exact) mass is 381 g/mol. The molecular formula is C21H19NO4S. The number of aryl methyl sites for hydroxylation is 1. The normalized spacial score (nSPS) is 15.0. The largest absolute Gasteiger partial charge is 0.427 e. The minimum atomic E-state index is -0.393. The molecule has 2 aromatic carbocycles. The summed E-state index contributed by atoms with van der Waals surface area (Å²) in [6.07, 6.45) is 4.66. The van der Waals surface area contributed by atoms with Crippen LogP contribution in [0.25, 0.3) is 6.08 Å². The van der Waals surface area contributed by atoms with Crippen LogP contribution in [0.1, 0.15) is 30.4 Å². The van der Waals surface area contributed by atoms with Crippen LogP contribution < -0.4 is 10.1 Å². The third kappa shape index (κ3) is 5.82. The molecule has 1 saturated heterocycles. The van der Waals surface area contributed by atoms with Crippen molar-refractivity contribution in [1.82, 2.24) is 5.32 Å². The third-order valence-corrected chi connectivity index (χ3v) is 4.80. The number of hydrogen-bond acceptors (Lipinski definition) is 5. The van der Waals surface area contributed by atoms with Gasteiger partial charge in [0.2, 0.25) is 0 Å². The Morgan fingerprint density at radius 3 is 2.41 bits per heavy atom. The van der Waals surface area contributed by atoms with Gasteiger partial charge < -0.3 is 4.74 Å². The number of carbonyl (C=O) groups excluding carboxylic acids is 3. The third-order valence-electron chi connectivity index (χ3n) is 3.99. The second-order valence-corrected chi connectivity index (χ2v) is 7.10. The van der Waals surface area contributed by atoms with E-state index in [1.165, 1.54) is 5.56 Å². The lowest BCUT2D eigenvalue weighted by Crippen LogP contribution is -2.17. The van der Waals surface area contributed by atoms with E-state index in [9.17, 15) is 14.4 Å². The molecule has 3 rings (SSSR count). The molecule has 6 heteroatoms. The Morgan fingerprint density at radius 1 is 1.00 bits per heavy atom. The summed E-state index contributed by atoms with van der Waals surface area (Å²) in [5, 5.41) is 1.84. The van der Waals surface area contributed by atoms with Gasteiger partial charge in [-0.3, -0.25) is 19.7 Å². The molecule has 0 saturated carbocycles. The smallest absolute Gasteiger partial charge is 0.311 e. The number of ether oxygens (including phenoxy) is 1. The summed E-state index contributed by atoms with van der Waals surface area (Å²) >= 11 is 0.869. The number of carbonyl (C=O) groups is 3. The zero-order chi connectivity index (χ0) is 19.1. The molecule has 0 aromatic heterocycles. The van der Waals surface area contributed by atoms with Gasteiger partial charge in [0.15, 0.2) is 0 Å². The molecule has 0 bridgehead atoms. The highest BCUT2D eigenvalue weighted by atomic mass is 32.2. The summed E-state index contributed by atoms with van der Waals surface area (Å²) in [6.45, 7) is 0. The zero-order valence-electron chi connectivity index (χ0n) is 14.6. The van der Waals surface area contributed by atoms with Gasteiger partial charge in [-0.25, -0.2) is 0 Å². The lowest BCUT2D eigenvalue weighted by Gasteiger charge is -2.05. The minimum absolute atomic E-state index is 0.259. The van der Waals surface area contributed by atoms with Crippen LogP contribution in [0.3, 0.4) is 0 Å². The van der Waals surface area contributed by atoms with Gasteiger partial charge in [-0.2, -0.15) is 0 Å². The Hall–Kier alpha value is -2.86. The second-order valence-electron chi connectivity index (χ2n) is 6.09. The van der Waals surface area contributed by atoms with Gasteiger partial charge >= 0.3 is 5.97 Å². The first-order valence-electron chi connectivity index (χ1n) is 8.70. The summed E-state index contributed by atoms with van der Waals surface area (Å²) in [4.78, 5) is 35.0. The van der Waals surface area contributed by atoms with Crippen LogP contribution in [0.4, 0.5) is 4.79 Å². The van der Waals surface area contributed by atoms with Crippen molar-refractivity contribution in [2.45, 2.75) is 25.7 Å². The van der Waals surface area contributed by atoms with Crippen molar-refractivity contribution in [3.8, 4) is 5.75 Å². The van der Waals surface area contributed by atoms with Gasteiger partial charge in [-0.05, 0) is 60.4 Å². The summed E-state index contributed by atoms with van der Waals surface area (Å²) in [6, 6.07) is 17.0. The van der Waals surface area contributed by atoms with Crippen LogP contribution in [0.2, 0.25) is 0 Å². The van der Waals surface area contributed by atoms with Gasteiger partial charge in [0.1, 0.15) is 5.75 Å². The fraction of sp³-hybridized carbons (Fsp3) is 0.190. The van der Waals surface area contributed by atoms with Gasteiger partial charge in [-0.15, -0.1) is 0 Å². The molecule has 1 heterocycles. The molecule has 138 valence electrons. The first-order chi connectivity index (χ1) is 13.1. The molecule has 2 amide bonds. The summed E-state index contributed by atoms with van der Waals surface area (Å²) < 4.78 is 5.33. The van der Waals surface area contributed by atoms with Crippen LogP contribution in [0.15, 0.2) is 59.5 Å². The molecule has 1 aliphatic heterocycles. The second kappa shape index (κ2) is 9.19. The summed E-state index contributed by atoms with van der Waals surface area (Å²) in [5.74, 6) is -0.189. The number of rotatable bonds is 7. The maximum atomic E-state index is 11.9. The lowest BCUT2D eigenvalue weighted by atomic mass is 10.1. The van der Waals surface area contributed by atoms with Crippen molar-refractivity contribution in [3.05, 3.63) is 70.6 Å². The van der Waals surface area contributed by atoms with Crippen molar-refractivity contribution in [2.75, 3.05) is 0 Å². The van der Waals surface area contributed by atoms with Crippen molar-refractivity contribution in [3.63, 3.8) is 0 Å². The van der Waals surface area contributed by atoms with Crippen molar-refractivity contribution < 1.29 is 19.1 Å². The van der Waals surface area contributed by atoms with E-state index < -0.39 is 5.91 Å². The van der Waals surface area contributed by atoms with E-state index >= 15 is 0 Å². The highest BCUT2D eigenvalue weighted by Crippen LogP contribution is 2.26. The fourth-order valence-corrected chi connectivity index (χ4v) is 3.31. The number of amides is 2. The van der Waals surface area contributed by atoms with Crippen molar-refractivity contribution in [1.29, 1.82) is 0 Å². The molecule has 1 N–H and O–H groups in total. The molecule has 27 heavy (non-hydrogen) atoms. The predicted molar refractivity (Wildman–Crippen MR) is 105 cm³/mol. The van der Waals surface area contributed by atoms with Crippen LogP contribution in [-0.4, -0.2) is 17.1 Å². The molecule has 0 spiro atoms. The molecule has 2 aromatic rings. The van der Waals surface area contributed by atoms with Gasteiger partial charge in [0.25, 0.3) is 11.1 Å². The molecule has 5 nitrogen and oxygen atoms in total. The Kier molecular flexibility index (Phi) is 6.44. The SMILES string of the molecule is O=C(CCCCc1ccccc1)Oc1ccc(/C=C2\SC(=O)NC2=O)cc1. The number of thioether (sulfide) groups is 1. The maximum Gasteiger partial charge on any atom is 0.311 e. The molecule has 0 radical (unpaired) electrons. The molecule has 0 unspecified atom stereocenters. The van der Waals surface area contributed by atoms with Crippen LogP contribution >= 0.6 is 11.8 Å². The summed E-state index contributed by atoms with van der Waals surface area (Å²) in [7, 11) is 0. The van der Waals surface area contributed by atoms with Gasteiger partial charge in [0.05, 0.1) is 4.91 Å². The van der Waals surface area contributed by atoms with Gasteiger partial charge in [-0.1, -0.05) is 42.5 Å². The molecule has 1 fully saturated rings.